The molecule has 2 aliphatic carbocycles. The van der Waals surface area contributed by atoms with E-state index in [-0.39, 0.29) is 11.2 Å². The molecule has 2 heterocycles. The van der Waals surface area contributed by atoms with Crippen molar-refractivity contribution in [2.45, 2.75) is 87.3 Å². The third kappa shape index (κ3) is 5.03. The maximum atomic E-state index is 15.9. The van der Waals surface area contributed by atoms with Gasteiger partial charge in [-0.2, -0.15) is 5.09 Å². The molecule has 3 fully saturated rings. The molecule has 0 spiro atoms. The average molecular weight is 602 g/mol. The lowest BCUT2D eigenvalue weighted by molar-refractivity contribution is -0.149. The number of nitrogens with zero attached hydrogens (tertiary/aromatic N) is 1. The van der Waals surface area contributed by atoms with Gasteiger partial charge in [0.15, 0.2) is 11.8 Å². The summed E-state index contributed by atoms with van der Waals surface area (Å²) in [6.07, 6.45) is -2.45. The lowest BCUT2D eigenvalue weighted by atomic mass is 9.98. The Hall–Kier alpha value is -2.54. The number of halogens is 2. The minimum absolute atomic E-state index is 0.0379. The van der Waals surface area contributed by atoms with Gasteiger partial charge in [0.1, 0.15) is 24.0 Å². The molecule has 5 rings (SSSR count). The first-order chi connectivity index (χ1) is 18.6. The Labute approximate surface area is 233 Å². The summed E-state index contributed by atoms with van der Waals surface area (Å²) in [7, 11) is -4.53. The molecule has 2 aromatic rings. The van der Waals surface area contributed by atoms with Crippen LogP contribution in [0.5, 0.6) is 5.75 Å². The molecule has 1 aromatic heterocycles. The van der Waals surface area contributed by atoms with E-state index in [2.05, 4.69) is 12.0 Å². The first kappa shape index (κ1) is 29.0. The third-order valence-electron chi connectivity index (χ3n) is 7.32. The Morgan fingerprint density at radius 1 is 1.30 bits per heavy atom. The summed E-state index contributed by atoms with van der Waals surface area (Å²) in [4.78, 5) is 38.0. The van der Waals surface area contributed by atoms with E-state index in [4.69, 9.17) is 30.1 Å². The van der Waals surface area contributed by atoms with Crippen molar-refractivity contribution in [3.63, 3.8) is 0 Å². The first-order valence-electron chi connectivity index (χ1n) is 12.7. The van der Waals surface area contributed by atoms with Crippen LogP contribution in [0.3, 0.4) is 0 Å². The average Bonchev–Trinajstić information content (AvgIpc) is 3.71. The van der Waals surface area contributed by atoms with E-state index in [9.17, 15) is 24.1 Å². The number of hydrogen-bond acceptors (Lipinski definition) is 9. The molecule has 2 unspecified atom stereocenters. The summed E-state index contributed by atoms with van der Waals surface area (Å²) in [6, 6.07) is 6.63. The van der Waals surface area contributed by atoms with Crippen molar-refractivity contribution >= 4 is 25.3 Å². The van der Waals surface area contributed by atoms with Gasteiger partial charge in [-0.15, -0.1) is 0 Å². The van der Waals surface area contributed by atoms with Gasteiger partial charge in [-0.1, -0.05) is 30.7 Å². The number of benzene rings is 1. The van der Waals surface area contributed by atoms with Crippen LogP contribution in [0, 0.1) is 0 Å². The molecule has 0 bridgehead atoms. The SMILES string of the molecule is CC(C)OC(=O)[C@H](C)NP(=O)(Oc1cccc(C2(C)CC2)c1)OC1[C@H]2O[C@@H](n3ccc(=O)[nH]c3=O)[C@@](F)(Cl)[C@@]12O. The Bertz CT molecular complexity index is 1490. The van der Waals surface area contributed by atoms with Gasteiger partial charge in [-0.05, 0) is 56.7 Å². The molecule has 1 aromatic carbocycles. The largest absolute Gasteiger partial charge is 0.462 e. The Balaban J connectivity index is 1.40. The van der Waals surface area contributed by atoms with Crippen LogP contribution >= 0.6 is 19.3 Å². The molecule has 0 amide bonds. The molecular weight excluding hydrogens is 572 g/mol. The van der Waals surface area contributed by atoms with Crippen molar-refractivity contribution in [1.82, 2.24) is 14.6 Å². The number of fused-ring (bicyclic) bond motifs is 1. The fourth-order valence-electron chi connectivity index (χ4n) is 4.67. The number of carbonyl (C=O) groups is 1. The van der Waals surface area contributed by atoms with Crippen molar-refractivity contribution in [1.29, 1.82) is 0 Å². The summed E-state index contributed by atoms with van der Waals surface area (Å²) in [5.41, 5.74) is -3.38. The summed E-state index contributed by atoms with van der Waals surface area (Å²) < 4.78 is 52.7. The van der Waals surface area contributed by atoms with Gasteiger partial charge in [-0.25, -0.2) is 13.8 Å². The molecule has 1 saturated heterocycles. The second-order valence-corrected chi connectivity index (χ2v) is 13.1. The number of nitrogens with one attached hydrogen (secondary N) is 2. The van der Waals surface area contributed by atoms with Crippen molar-refractivity contribution in [2.75, 3.05) is 0 Å². The van der Waals surface area contributed by atoms with Crippen LogP contribution < -0.4 is 20.9 Å². The van der Waals surface area contributed by atoms with Crippen LogP contribution in [0.25, 0.3) is 0 Å². The van der Waals surface area contributed by atoms with Crippen molar-refractivity contribution in [3.8, 4) is 5.75 Å². The van der Waals surface area contributed by atoms with Crippen LogP contribution in [0.4, 0.5) is 4.39 Å². The zero-order valence-electron chi connectivity index (χ0n) is 22.1. The Morgan fingerprint density at radius 3 is 2.58 bits per heavy atom. The molecule has 15 heteroatoms. The predicted octanol–water partition coefficient (Wildman–Crippen LogP) is 2.64. The Kier molecular flexibility index (Phi) is 7.08. The molecule has 218 valence electrons. The summed E-state index contributed by atoms with van der Waals surface area (Å²) in [6.45, 7) is 6.74. The van der Waals surface area contributed by atoms with Crippen LogP contribution in [-0.4, -0.2) is 55.7 Å². The fraction of sp³-hybridized carbons (Fsp3) is 0.560. The van der Waals surface area contributed by atoms with E-state index in [1.54, 1.807) is 32.0 Å². The van der Waals surface area contributed by atoms with E-state index < -0.39 is 66.3 Å². The van der Waals surface area contributed by atoms with Gasteiger partial charge in [-0.3, -0.25) is 23.7 Å². The van der Waals surface area contributed by atoms with Crippen LogP contribution in [0.1, 0.15) is 52.3 Å². The number of aliphatic hydroxyl groups is 1. The molecule has 2 saturated carbocycles. The van der Waals surface area contributed by atoms with E-state index >= 15 is 4.39 Å². The molecule has 12 nitrogen and oxygen atoms in total. The Morgan fingerprint density at radius 2 is 2.00 bits per heavy atom. The lowest BCUT2D eigenvalue weighted by Gasteiger charge is -2.30. The maximum Gasteiger partial charge on any atom is 0.459 e. The minimum Gasteiger partial charge on any atom is -0.462 e. The van der Waals surface area contributed by atoms with Crippen molar-refractivity contribution < 1.29 is 37.4 Å². The topological polar surface area (TPSA) is 158 Å². The first-order valence-corrected chi connectivity index (χ1v) is 14.7. The highest BCUT2D eigenvalue weighted by molar-refractivity contribution is 7.52. The smallest absolute Gasteiger partial charge is 0.459 e. The summed E-state index contributed by atoms with van der Waals surface area (Å²) in [5, 5.41) is 10.5. The summed E-state index contributed by atoms with van der Waals surface area (Å²) >= 11 is 6.09. The number of ether oxygens (including phenoxy) is 2. The predicted molar refractivity (Wildman–Crippen MR) is 140 cm³/mol. The third-order valence-corrected chi connectivity index (χ3v) is 9.47. The number of aromatic nitrogens is 2. The van der Waals surface area contributed by atoms with Crippen LogP contribution in [0.2, 0.25) is 0 Å². The number of alkyl halides is 2. The number of carbonyl (C=O) groups excluding carboxylic acids is 1. The minimum atomic E-state index is -4.53. The molecule has 3 N–H and O–H groups in total. The van der Waals surface area contributed by atoms with Gasteiger partial charge in [0.2, 0.25) is 0 Å². The molecule has 40 heavy (non-hydrogen) atoms. The monoisotopic (exact) mass is 601 g/mol. The summed E-state index contributed by atoms with van der Waals surface area (Å²) in [5.74, 6) is -0.595. The number of esters is 1. The van der Waals surface area contributed by atoms with Gasteiger partial charge in [0.25, 0.3) is 10.7 Å². The van der Waals surface area contributed by atoms with E-state index in [0.717, 1.165) is 30.7 Å². The highest BCUT2D eigenvalue weighted by Crippen LogP contribution is 2.67. The maximum absolute atomic E-state index is 15.9. The normalized spacial score (nSPS) is 32.1. The zero-order chi connectivity index (χ0) is 29.3. The van der Waals surface area contributed by atoms with Crippen LogP contribution in [-0.2, 0) is 28.8 Å². The lowest BCUT2D eigenvalue weighted by Crippen LogP contribution is -2.47. The molecule has 0 radical (unpaired) electrons. The van der Waals surface area contributed by atoms with Gasteiger partial charge < -0.3 is 19.1 Å². The molecular formula is C25H30ClFN3O9P. The van der Waals surface area contributed by atoms with E-state index in [1.807, 2.05) is 11.1 Å². The number of rotatable bonds is 10. The quantitative estimate of drug-likeness (QED) is 0.210. The number of hydrogen-bond donors (Lipinski definition) is 3. The van der Waals surface area contributed by atoms with E-state index in [0.29, 0.717) is 4.57 Å². The highest BCUT2D eigenvalue weighted by Gasteiger charge is 2.87. The zero-order valence-corrected chi connectivity index (χ0v) is 23.8. The van der Waals surface area contributed by atoms with Crippen molar-refractivity contribution in [2.24, 2.45) is 0 Å². The highest BCUT2D eigenvalue weighted by atomic mass is 35.5. The van der Waals surface area contributed by atoms with Gasteiger partial charge >= 0.3 is 19.4 Å². The number of H-pyrrole nitrogens is 1. The van der Waals surface area contributed by atoms with Crippen LogP contribution in [0.15, 0.2) is 46.1 Å². The fourth-order valence-corrected chi connectivity index (χ4v) is 6.74. The molecule has 3 aliphatic rings. The van der Waals surface area contributed by atoms with Gasteiger partial charge in [0.05, 0.1) is 6.10 Å². The molecule has 1 aliphatic heterocycles. The molecule has 7 atom stereocenters. The second-order valence-electron chi connectivity index (χ2n) is 10.9. The van der Waals surface area contributed by atoms with E-state index in [1.165, 1.54) is 6.92 Å². The standard InChI is InChI=1S/C25H30ClFN3O9P/c1-13(2)36-20(32)14(3)29-40(35,38-16-7-5-6-15(12-16)23(4)9-10-23)39-19-18-24(19,34)25(26,27)21(37-18)30-11-8-17(31)28-22(30)33/h5-8,11-14,18-19,21,34H,9-10H2,1-4H3,(H,29,35)(H,28,31,33)/t14-,18+,19?,21+,24-,25-,40?/m0/s1. The number of aromatic amines is 1. The van der Waals surface area contributed by atoms with Crippen molar-refractivity contribution in [3.05, 3.63) is 62.9 Å². The van der Waals surface area contributed by atoms with Gasteiger partial charge in [0, 0.05) is 12.3 Å². The second kappa shape index (κ2) is 9.78.